The number of amides is 2. The second-order valence-electron chi connectivity index (χ2n) is 6.79. The highest BCUT2D eigenvalue weighted by molar-refractivity contribution is 7.98. The smallest absolute Gasteiger partial charge is 0.313 e. The first-order chi connectivity index (χ1) is 11.1. The standard InChI is InChI=1S/C18H24N2O2S/c1-11(16-9-12-6-7-13(16)8-12)19-17(21)18(22)20-14-4-3-5-15(10-14)23-2/h3-5,10-13,16H,6-9H2,1-2H3,(H,19,21)(H,20,22). The summed E-state index contributed by atoms with van der Waals surface area (Å²) in [6.07, 6.45) is 7.10. The van der Waals surface area contributed by atoms with Crippen LogP contribution in [-0.4, -0.2) is 24.1 Å². The fourth-order valence-corrected chi connectivity index (χ4v) is 4.63. The molecule has 23 heavy (non-hydrogen) atoms. The van der Waals surface area contributed by atoms with Crippen molar-refractivity contribution >= 4 is 29.3 Å². The number of benzene rings is 1. The largest absolute Gasteiger partial charge is 0.345 e. The number of hydrogen-bond acceptors (Lipinski definition) is 3. The van der Waals surface area contributed by atoms with Crippen molar-refractivity contribution in [1.29, 1.82) is 0 Å². The Morgan fingerprint density at radius 2 is 2.04 bits per heavy atom. The minimum Gasteiger partial charge on any atom is -0.345 e. The molecule has 2 amide bonds. The van der Waals surface area contributed by atoms with Crippen molar-refractivity contribution in [3.63, 3.8) is 0 Å². The molecule has 4 unspecified atom stereocenters. The summed E-state index contributed by atoms with van der Waals surface area (Å²) in [5.74, 6) is 0.988. The van der Waals surface area contributed by atoms with Crippen LogP contribution in [0.5, 0.6) is 0 Å². The molecule has 0 heterocycles. The number of rotatable bonds is 4. The SMILES string of the molecule is CSc1cccc(NC(=O)C(=O)NC(C)C2CC3CCC2C3)c1. The molecular weight excluding hydrogens is 308 g/mol. The van der Waals surface area contributed by atoms with Crippen molar-refractivity contribution in [2.75, 3.05) is 11.6 Å². The molecule has 1 aromatic rings. The monoisotopic (exact) mass is 332 g/mol. The summed E-state index contributed by atoms with van der Waals surface area (Å²) in [5.41, 5.74) is 0.657. The molecule has 4 nitrogen and oxygen atoms in total. The summed E-state index contributed by atoms with van der Waals surface area (Å²) in [6, 6.07) is 7.58. The van der Waals surface area contributed by atoms with E-state index in [9.17, 15) is 9.59 Å². The van der Waals surface area contributed by atoms with E-state index in [4.69, 9.17) is 0 Å². The average Bonchev–Trinajstić information content (AvgIpc) is 3.18. The lowest BCUT2D eigenvalue weighted by atomic mass is 9.84. The Kier molecular flexibility index (Phi) is 4.95. The highest BCUT2D eigenvalue weighted by Crippen LogP contribution is 2.49. The third-order valence-corrected chi connectivity index (χ3v) is 6.05. The fraction of sp³-hybridized carbons (Fsp3) is 0.556. The van der Waals surface area contributed by atoms with Crippen LogP contribution in [0, 0.1) is 17.8 Å². The number of thioether (sulfide) groups is 1. The van der Waals surface area contributed by atoms with E-state index in [2.05, 4.69) is 10.6 Å². The van der Waals surface area contributed by atoms with Gasteiger partial charge in [-0.25, -0.2) is 0 Å². The predicted molar refractivity (Wildman–Crippen MR) is 93.4 cm³/mol. The van der Waals surface area contributed by atoms with Gasteiger partial charge in [0.15, 0.2) is 0 Å². The Morgan fingerprint density at radius 1 is 1.22 bits per heavy atom. The lowest BCUT2D eigenvalue weighted by Gasteiger charge is -2.28. The zero-order chi connectivity index (χ0) is 16.4. The molecular formula is C18H24N2O2S. The van der Waals surface area contributed by atoms with Gasteiger partial charge in [-0.05, 0) is 68.4 Å². The third-order valence-electron chi connectivity index (χ3n) is 5.33. The van der Waals surface area contributed by atoms with E-state index in [1.54, 1.807) is 17.8 Å². The maximum atomic E-state index is 12.1. The first-order valence-electron chi connectivity index (χ1n) is 8.32. The number of carbonyl (C=O) groups is 2. The van der Waals surface area contributed by atoms with E-state index < -0.39 is 11.8 Å². The molecule has 1 aromatic carbocycles. The van der Waals surface area contributed by atoms with Crippen LogP contribution in [0.1, 0.15) is 32.6 Å². The molecule has 2 aliphatic carbocycles. The molecule has 0 saturated heterocycles. The van der Waals surface area contributed by atoms with Crippen LogP contribution < -0.4 is 10.6 Å². The molecule has 2 N–H and O–H groups in total. The third kappa shape index (κ3) is 3.71. The van der Waals surface area contributed by atoms with Crippen molar-refractivity contribution in [3.05, 3.63) is 24.3 Å². The van der Waals surface area contributed by atoms with E-state index >= 15 is 0 Å². The topological polar surface area (TPSA) is 58.2 Å². The van der Waals surface area contributed by atoms with E-state index in [-0.39, 0.29) is 6.04 Å². The van der Waals surface area contributed by atoms with Crippen molar-refractivity contribution < 1.29 is 9.59 Å². The normalized spacial score (nSPS) is 26.8. The van der Waals surface area contributed by atoms with Crippen LogP contribution in [0.3, 0.4) is 0 Å². The van der Waals surface area contributed by atoms with Gasteiger partial charge in [0.2, 0.25) is 0 Å². The van der Waals surface area contributed by atoms with Crippen molar-refractivity contribution in [2.24, 2.45) is 17.8 Å². The first kappa shape index (κ1) is 16.4. The molecule has 5 heteroatoms. The van der Waals surface area contributed by atoms with Gasteiger partial charge in [-0.15, -0.1) is 11.8 Å². The summed E-state index contributed by atoms with van der Waals surface area (Å²) >= 11 is 1.60. The van der Waals surface area contributed by atoms with Crippen LogP contribution in [0.25, 0.3) is 0 Å². The summed E-state index contributed by atoms with van der Waals surface area (Å²) in [4.78, 5) is 25.3. The van der Waals surface area contributed by atoms with Crippen LogP contribution in [0.4, 0.5) is 5.69 Å². The van der Waals surface area contributed by atoms with Crippen LogP contribution in [-0.2, 0) is 9.59 Å². The zero-order valence-electron chi connectivity index (χ0n) is 13.7. The van der Waals surface area contributed by atoms with Gasteiger partial charge in [0.25, 0.3) is 0 Å². The van der Waals surface area contributed by atoms with E-state index in [0.29, 0.717) is 11.6 Å². The molecule has 0 aromatic heterocycles. The maximum Gasteiger partial charge on any atom is 0.313 e. The summed E-state index contributed by atoms with van der Waals surface area (Å²) < 4.78 is 0. The summed E-state index contributed by atoms with van der Waals surface area (Å²) in [6.45, 7) is 2.03. The molecule has 2 saturated carbocycles. The van der Waals surface area contributed by atoms with Gasteiger partial charge in [-0.3, -0.25) is 9.59 Å². The Morgan fingerprint density at radius 3 is 2.70 bits per heavy atom. The molecule has 124 valence electrons. The average molecular weight is 332 g/mol. The minimum atomic E-state index is -0.585. The number of carbonyl (C=O) groups excluding carboxylic acids is 2. The molecule has 2 bridgehead atoms. The molecule has 3 rings (SSSR count). The molecule has 0 radical (unpaired) electrons. The number of anilines is 1. The minimum absolute atomic E-state index is 0.0704. The Labute approximate surface area is 141 Å². The van der Waals surface area contributed by atoms with E-state index in [0.717, 1.165) is 16.7 Å². The summed E-state index contributed by atoms with van der Waals surface area (Å²) in [7, 11) is 0. The van der Waals surface area contributed by atoms with Gasteiger partial charge >= 0.3 is 11.8 Å². The molecule has 2 fully saturated rings. The Hall–Kier alpha value is -1.49. The Balaban J connectivity index is 1.54. The zero-order valence-corrected chi connectivity index (χ0v) is 14.5. The highest BCUT2D eigenvalue weighted by Gasteiger charge is 2.42. The van der Waals surface area contributed by atoms with Gasteiger partial charge in [-0.2, -0.15) is 0 Å². The van der Waals surface area contributed by atoms with Crippen LogP contribution in [0.15, 0.2) is 29.2 Å². The molecule has 2 aliphatic rings. The van der Waals surface area contributed by atoms with E-state index in [1.807, 2.05) is 31.4 Å². The van der Waals surface area contributed by atoms with Crippen molar-refractivity contribution in [2.45, 2.75) is 43.5 Å². The van der Waals surface area contributed by atoms with Crippen molar-refractivity contribution in [3.8, 4) is 0 Å². The van der Waals surface area contributed by atoms with Crippen LogP contribution in [0.2, 0.25) is 0 Å². The first-order valence-corrected chi connectivity index (χ1v) is 9.55. The highest BCUT2D eigenvalue weighted by atomic mass is 32.2. The lowest BCUT2D eigenvalue weighted by Crippen LogP contribution is -2.45. The number of fused-ring (bicyclic) bond motifs is 2. The maximum absolute atomic E-state index is 12.1. The number of nitrogens with one attached hydrogen (secondary N) is 2. The quantitative estimate of drug-likeness (QED) is 0.657. The molecule has 0 aliphatic heterocycles. The number of hydrogen-bond donors (Lipinski definition) is 2. The Bertz CT molecular complexity index is 604. The van der Waals surface area contributed by atoms with E-state index in [1.165, 1.54) is 25.7 Å². The summed E-state index contributed by atoms with van der Waals surface area (Å²) in [5, 5.41) is 5.58. The lowest BCUT2D eigenvalue weighted by molar-refractivity contribution is -0.136. The second kappa shape index (κ2) is 6.95. The second-order valence-corrected chi connectivity index (χ2v) is 7.67. The van der Waals surface area contributed by atoms with Gasteiger partial charge < -0.3 is 10.6 Å². The predicted octanol–water partition coefficient (Wildman–Crippen LogP) is 3.29. The fourth-order valence-electron chi connectivity index (χ4n) is 4.17. The molecule has 4 atom stereocenters. The van der Waals surface area contributed by atoms with Gasteiger partial charge in [-0.1, -0.05) is 12.5 Å². The van der Waals surface area contributed by atoms with Gasteiger partial charge in [0.1, 0.15) is 0 Å². The van der Waals surface area contributed by atoms with Crippen LogP contribution >= 0.6 is 11.8 Å². The molecule has 0 spiro atoms. The van der Waals surface area contributed by atoms with Gasteiger partial charge in [0.05, 0.1) is 0 Å². The van der Waals surface area contributed by atoms with Gasteiger partial charge in [0, 0.05) is 16.6 Å². The van der Waals surface area contributed by atoms with Crippen molar-refractivity contribution in [1.82, 2.24) is 5.32 Å².